The minimum Gasteiger partial charge on any atom is -0.494 e. The second-order valence-electron chi connectivity index (χ2n) is 2.86. The molecule has 1 aromatic heterocycles. The monoisotopic (exact) mass is 387 g/mol. The third kappa shape index (κ3) is 3.53. The van der Waals surface area contributed by atoms with Gasteiger partial charge in [-0.1, -0.05) is 0 Å². The zero-order valence-electron chi connectivity index (χ0n) is 8.49. The van der Waals surface area contributed by atoms with Gasteiger partial charge in [0.05, 0.1) is 13.3 Å². The van der Waals surface area contributed by atoms with E-state index in [1.165, 1.54) is 22.6 Å². The van der Waals surface area contributed by atoms with E-state index in [1.807, 2.05) is 0 Å². The quantitative estimate of drug-likeness (QED) is 0.574. The lowest BCUT2D eigenvalue weighted by Gasteiger charge is -2.17. The maximum atomic E-state index is 12.5. The van der Waals surface area contributed by atoms with E-state index < -0.39 is 27.6 Å². The Balaban J connectivity index is 3.41. The Hall–Kier alpha value is -0.940. The van der Waals surface area contributed by atoms with Gasteiger partial charge in [-0.25, -0.2) is 4.98 Å². The third-order valence-corrected chi connectivity index (χ3v) is 2.67. The van der Waals surface area contributed by atoms with Gasteiger partial charge in [-0.3, -0.25) is 0 Å². The minimum atomic E-state index is -5.26. The molecule has 0 aliphatic carbocycles. The molecule has 0 aliphatic heterocycles. The molecule has 0 aromatic carbocycles. The number of aromatic nitrogens is 1. The van der Waals surface area contributed by atoms with Crippen molar-refractivity contribution in [2.45, 2.75) is 12.5 Å². The number of ether oxygens (including phenoxy) is 2. The van der Waals surface area contributed by atoms with Crippen molar-refractivity contribution >= 4 is 22.6 Å². The molecule has 1 aromatic rings. The van der Waals surface area contributed by atoms with Crippen LogP contribution < -0.4 is 9.47 Å². The lowest BCUT2D eigenvalue weighted by atomic mass is 10.3. The Bertz CT molecular complexity index is 444. The van der Waals surface area contributed by atoms with Gasteiger partial charge in [-0.15, -0.1) is 13.2 Å². The molecular weight excluding hydrogens is 383 g/mol. The van der Waals surface area contributed by atoms with Gasteiger partial charge < -0.3 is 9.47 Å². The zero-order chi connectivity index (χ0) is 14.1. The smallest absolute Gasteiger partial charge is 0.494 e. The summed E-state index contributed by atoms with van der Waals surface area (Å²) in [7, 11) is 1.09. The highest BCUT2D eigenvalue weighted by atomic mass is 127. The first-order valence-electron chi connectivity index (χ1n) is 4.11. The molecule has 0 saturated carbocycles. The van der Waals surface area contributed by atoms with E-state index in [0.717, 1.165) is 7.11 Å². The normalized spacial score (nSPS) is 12.4. The fourth-order valence-electron chi connectivity index (χ4n) is 1.01. The van der Waals surface area contributed by atoms with Crippen molar-refractivity contribution in [3.8, 4) is 11.5 Å². The van der Waals surface area contributed by atoms with Gasteiger partial charge in [0.2, 0.25) is 0 Å². The highest BCUT2D eigenvalue weighted by Crippen LogP contribution is 2.42. The molecule has 102 valence electrons. The Morgan fingerprint density at radius 2 is 1.72 bits per heavy atom. The Kier molecular flexibility index (Phi) is 4.18. The second-order valence-corrected chi connectivity index (χ2v) is 3.94. The van der Waals surface area contributed by atoms with Crippen LogP contribution in [-0.4, -0.2) is 18.5 Å². The molecule has 1 rings (SSSR count). The van der Waals surface area contributed by atoms with Crippen LogP contribution in [0.15, 0.2) is 6.20 Å². The van der Waals surface area contributed by atoms with Gasteiger partial charge in [0.25, 0.3) is 0 Å². The zero-order valence-corrected chi connectivity index (χ0v) is 10.6. The van der Waals surface area contributed by atoms with Crippen molar-refractivity contribution in [3.05, 3.63) is 15.5 Å². The van der Waals surface area contributed by atoms with Crippen LogP contribution in [-0.2, 0) is 6.18 Å². The molecule has 10 heteroatoms. The molecule has 3 nitrogen and oxygen atoms in total. The fraction of sp³-hybridized carbons (Fsp3) is 0.375. The number of hydrogen-bond acceptors (Lipinski definition) is 3. The summed E-state index contributed by atoms with van der Waals surface area (Å²) in [5.74, 6) is -1.67. The summed E-state index contributed by atoms with van der Waals surface area (Å²) < 4.78 is 81.1. The number of alkyl halides is 6. The van der Waals surface area contributed by atoms with Crippen molar-refractivity contribution in [2.24, 2.45) is 0 Å². The molecular formula is C8H4F6INO2. The minimum absolute atomic E-state index is 0.247. The highest BCUT2D eigenvalue weighted by Gasteiger charge is 2.42. The molecule has 0 atom stereocenters. The average Bonchev–Trinajstić information content (AvgIpc) is 2.17. The summed E-state index contributed by atoms with van der Waals surface area (Å²) in [5, 5.41) is 0. The van der Waals surface area contributed by atoms with Crippen molar-refractivity contribution in [1.82, 2.24) is 4.98 Å². The Morgan fingerprint density at radius 3 is 2.11 bits per heavy atom. The summed E-state index contributed by atoms with van der Waals surface area (Å²) in [6.45, 7) is 0. The molecule has 0 aliphatic rings. The van der Waals surface area contributed by atoms with E-state index in [-0.39, 0.29) is 5.75 Å². The van der Waals surface area contributed by atoms with Crippen LogP contribution in [0.25, 0.3) is 0 Å². The molecule has 0 saturated heterocycles. The third-order valence-electron chi connectivity index (χ3n) is 1.65. The predicted molar refractivity (Wildman–Crippen MR) is 55.2 cm³/mol. The predicted octanol–water partition coefficient (Wildman–Crippen LogP) is 3.61. The summed E-state index contributed by atoms with van der Waals surface area (Å²) in [6, 6.07) is 0. The van der Waals surface area contributed by atoms with E-state index in [0.29, 0.717) is 6.20 Å². The van der Waals surface area contributed by atoms with E-state index in [9.17, 15) is 26.3 Å². The number of halogens is 7. The molecule has 0 N–H and O–H groups in total. The maximum absolute atomic E-state index is 12.5. The Labute approximate surface area is 110 Å². The molecule has 1 heterocycles. The van der Waals surface area contributed by atoms with Gasteiger partial charge in [0.1, 0.15) is 3.57 Å². The van der Waals surface area contributed by atoms with E-state index in [4.69, 9.17) is 0 Å². The van der Waals surface area contributed by atoms with E-state index in [1.54, 1.807) is 0 Å². The molecule has 0 bridgehead atoms. The maximum Gasteiger partial charge on any atom is 0.573 e. The van der Waals surface area contributed by atoms with E-state index >= 15 is 0 Å². The second kappa shape index (κ2) is 4.97. The van der Waals surface area contributed by atoms with Crippen LogP contribution >= 0.6 is 22.6 Å². The molecule has 0 spiro atoms. The summed E-state index contributed by atoms with van der Waals surface area (Å²) in [4.78, 5) is 2.89. The standard InChI is InChI=1S/C8H4F6INO2/c1-17-3-2-16-6(7(9,10)11)5(4(3)15)18-8(12,13)14/h2H,1H3. The summed E-state index contributed by atoms with van der Waals surface area (Å²) in [6.07, 6.45) is -9.64. The summed E-state index contributed by atoms with van der Waals surface area (Å²) in [5.41, 5.74) is -1.76. The number of rotatable bonds is 2. The fourth-order valence-corrected chi connectivity index (χ4v) is 1.73. The van der Waals surface area contributed by atoms with Gasteiger partial charge in [-0.05, 0) is 22.6 Å². The van der Waals surface area contributed by atoms with Crippen LogP contribution in [0.3, 0.4) is 0 Å². The SMILES string of the molecule is COc1cnc(C(F)(F)F)c(OC(F)(F)F)c1I. The topological polar surface area (TPSA) is 31.4 Å². The number of hydrogen-bond donors (Lipinski definition) is 0. The van der Waals surface area contributed by atoms with Crippen LogP contribution in [0.5, 0.6) is 11.5 Å². The average molecular weight is 387 g/mol. The lowest BCUT2D eigenvalue weighted by molar-refractivity contribution is -0.276. The van der Waals surface area contributed by atoms with E-state index in [2.05, 4.69) is 14.5 Å². The lowest BCUT2D eigenvalue weighted by Crippen LogP contribution is -2.22. The highest BCUT2D eigenvalue weighted by molar-refractivity contribution is 14.1. The molecule has 18 heavy (non-hydrogen) atoms. The molecule has 0 unspecified atom stereocenters. The molecule has 0 amide bonds. The van der Waals surface area contributed by atoms with Crippen LogP contribution in [0.2, 0.25) is 0 Å². The van der Waals surface area contributed by atoms with Crippen LogP contribution in [0.4, 0.5) is 26.3 Å². The number of pyridine rings is 1. The summed E-state index contributed by atoms with van der Waals surface area (Å²) >= 11 is 1.26. The van der Waals surface area contributed by atoms with Crippen LogP contribution in [0.1, 0.15) is 5.69 Å². The molecule has 0 fully saturated rings. The first-order chi connectivity index (χ1) is 8.06. The van der Waals surface area contributed by atoms with Gasteiger partial charge in [0.15, 0.2) is 17.2 Å². The largest absolute Gasteiger partial charge is 0.573 e. The van der Waals surface area contributed by atoms with Gasteiger partial charge >= 0.3 is 12.5 Å². The Morgan fingerprint density at radius 1 is 1.17 bits per heavy atom. The van der Waals surface area contributed by atoms with Crippen molar-refractivity contribution in [3.63, 3.8) is 0 Å². The van der Waals surface area contributed by atoms with Gasteiger partial charge in [0, 0.05) is 0 Å². The first-order valence-corrected chi connectivity index (χ1v) is 5.19. The number of methoxy groups -OCH3 is 1. The van der Waals surface area contributed by atoms with Crippen molar-refractivity contribution in [1.29, 1.82) is 0 Å². The first kappa shape index (κ1) is 15.1. The molecule has 0 radical (unpaired) electrons. The van der Waals surface area contributed by atoms with Gasteiger partial charge in [-0.2, -0.15) is 13.2 Å². The number of nitrogens with zero attached hydrogens (tertiary/aromatic N) is 1. The van der Waals surface area contributed by atoms with Crippen molar-refractivity contribution in [2.75, 3.05) is 7.11 Å². The van der Waals surface area contributed by atoms with Crippen molar-refractivity contribution < 1.29 is 35.8 Å². The van der Waals surface area contributed by atoms with Crippen LogP contribution in [0, 0.1) is 3.57 Å².